The third-order valence-electron chi connectivity index (χ3n) is 11.8. The lowest BCUT2D eigenvalue weighted by molar-refractivity contribution is -0.126. The molecule has 0 radical (unpaired) electrons. The van der Waals surface area contributed by atoms with Crippen molar-refractivity contribution in [2.75, 3.05) is 65.4 Å². The van der Waals surface area contributed by atoms with Crippen LogP contribution in [0, 0.1) is 0 Å². The number of aromatic amines is 2. The molecule has 4 aromatic rings. The van der Waals surface area contributed by atoms with Crippen LogP contribution in [0.25, 0.3) is 33.0 Å². The lowest BCUT2D eigenvalue weighted by atomic mass is 9.95. The maximum absolute atomic E-state index is 13.7. The van der Waals surface area contributed by atoms with E-state index in [9.17, 15) is 19.2 Å². The van der Waals surface area contributed by atoms with E-state index >= 15 is 0 Å². The van der Waals surface area contributed by atoms with Crippen molar-refractivity contribution in [1.29, 1.82) is 0 Å². The molecule has 2 saturated heterocycles. The number of piperazine rings is 2. The Kier molecular flexibility index (Phi) is 8.87. The zero-order valence-electron chi connectivity index (χ0n) is 30.1. The molecule has 0 spiro atoms. The predicted molar refractivity (Wildman–Crippen MR) is 203 cm³/mol. The highest BCUT2D eigenvalue weighted by atomic mass is 16.2. The molecule has 12 nitrogen and oxygen atoms in total. The minimum atomic E-state index is -0.356. The highest BCUT2D eigenvalue weighted by Gasteiger charge is 2.40. The molecule has 274 valence electrons. The maximum atomic E-state index is 13.7. The number of fused-ring (bicyclic) bond motifs is 4. The Labute approximate surface area is 308 Å². The molecule has 12 heteroatoms. The Morgan fingerprint density at radius 3 is 1.28 bits per heavy atom. The number of carbonyl (C=O) groups is 4. The van der Waals surface area contributed by atoms with Gasteiger partial charge in [-0.2, -0.15) is 0 Å². The van der Waals surface area contributed by atoms with E-state index in [1.54, 1.807) is 0 Å². The second kappa shape index (κ2) is 14.0. The van der Waals surface area contributed by atoms with Crippen molar-refractivity contribution in [2.45, 2.75) is 44.9 Å². The van der Waals surface area contributed by atoms with Gasteiger partial charge in [0.1, 0.15) is 11.4 Å². The van der Waals surface area contributed by atoms with Crippen LogP contribution < -0.4 is 10.6 Å². The number of amides is 4. The minimum absolute atomic E-state index is 0.330. The molecule has 4 N–H and O–H groups in total. The van der Waals surface area contributed by atoms with Crippen molar-refractivity contribution < 1.29 is 19.2 Å². The molecular weight excluding hydrogens is 669 g/mol. The summed E-state index contributed by atoms with van der Waals surface area (Å²) in [6.45, 7) is 8.27. The summed E-state index contributed by atoms with van der Waals surface area (Å²) in [6, 6.07) is 15.9. The van der Waals surface area contributed by atoms with Gasteiger partial charge in [0.25, 0.3) is 23.6 Å². The van der Waals surface area contributed by atoms with Gasteiger partial charge < -0.3 is 19.8 Å². The van der Waals surface area contributed by atoms with Gasteiger partial charge >= 0.3 is 0 Å². The highest BCUT2D eigenvalue weighted by Crippen LogP contribution is 2.38. The van der Waals surface area contributed by atoms with E-state index in [0.29, 0.717) is 68.0 Å². The number of nitrogens with zero attached hydrogens (tertiary/aromatic N) is 4. The van der Waals surface area contributed by atoms with Gasteiger partial charge in [-0.25, -0.2) is 0 Å². The van der Waals surface area contributed by atoms with Crippen LogP contribution in [0.4, 0.5) is 0 Å². The van der Waals surface area contributed by atoms with Gasteiger partial charge in [-0.3, -0.25) is 39.6 Å². The number of hydrogen-bond acceptors (Lipinski definition) is 8. The van der Waals surface area contributed by atoms with Gasteiger partial charge in [0.05, 0.1) is 11.1 Å². The van der Waals surface area contributed by atoms with Crippen molar-refractivity contribution in [3.8, 4) is 0 Å². The number of benzene rings is 2. The Balaban J connectivity index is 1.11. The molecule has 11 rings (SSSR count). The Morgan fingerprint density at radius 1 is 0.434 bits per heavy atom. The summed E-state index contributed by atoms with van der Waals surface area (Å²) in [7, 11) is 0. The molecule has 0 unspecified atom stereocenters. The summed E-state index contributed by atoms with van der Waals surface area (Å²) in [5.41, 5.74) is 7.04. The van der Waals surface area contributed by atoms with E-state index in [4.69, 9.17) is 0 Å². The summed E-state index contributed by atoms with van der Waals surface area (Å²) in [5.74, 6) is -1.37. The van der Waals surface area contributed by atoms with E-state index in [-0.39, 0.29) is 23.6 Å². The van der Waals surface area contributed by atoms with Crippen LogP contribution in [-0.2, 0) is 32.0 Å². The first kappa shape index (κ1) is 33.6. The third-order valence-corrected chi connectivity index (χ3v) is 11.8. The average molecular weight is 715 g/mol. The summed E-state index contributed by atoms with van der Waals surface area (Å²) >= 11 is 0. The second-order valence-electron chi connectivity index (χ2n) is 15.0. The number of para-hydroxylation sites is 2. The van der Waals surface area contributed by atoms with Gasteiger partial charge in [-0.15, -0.1) is 0 Å². The van der Waals surface area contributed by atoms with Crippen molar-refractivity contribution in [3.05, 3.63) is 82.4 Å². The van der Waals surface area contributed by atoms with Gasteiger partial charge in [0.15, 0.2) is 0 Å². The molecule has 2 aromatic heterocycles. The summed E-state index contributed by atoms with van der Waals surface area (Å²) < 4.78 is 0. The van der Waals surface area contributed by atoms with Gasteiger partial charge in [0, 0.05) is 96.7 Å². The van der Waals surface area contributed by atoms with Crippen molar-refractivity contribution in [1.82, 2.24) is 40.2 Å². The molecule has 2 fully saturated rings. The molecule has 7 aliphatic rings. The number of H-pyrrole nitrogens is 2. The summed E-state index contributed by atoms with van der Waals surface area (Å²) in [6.07, 6.45) is 6.49. The number of rotatable bonds is 0. The Morgan fingerprint density at radius 2 is 0.849 bits per heavy atom. The molecule has 0 atom stereocenters. The lowest BCUT2D eigenvalue weighted by Gasteiger charge is -2.36. The van der Waals surface area contributed by atoms with E-state index < -0.39 is 0 Å². The minimum Gasteiger partial charge on any atom is -0.364 e. The summed E-state index contributed by atoms with van der Waals surface area (Å²) in [4.78, 5) is 70.7. The molecule has 0 saturated carbocycles. The smallest absolute Gasteiger partial charge is 0.275 e. The fourth-order valence-corrected chi connectivity index (χ4v) is 9.16. The lowest BCUT2D eigenvalue weighted by Crippen LogP contribution is -2.47. The molecule has 7 aliphatic heterocycles. The highest BCUT2D eigenvalue weighted by molar-refractivity contribution is 6.38. The van der Waals surface area contributed by atoms with Gasteiger partial charge in [-0.1, -0.05) is 49.2 Å². The van der Waals surface area contributed by atoms with Crippen molar-refractivity contribution >= 4 is 56.6 Å². The summed E-state index contributed by atoms with van der Waals surface area (Å²) in [5, 5.41) is 7.09. The van der Waals surface area contributed by atoms with Crippen LogP contribution in [0.5, 0.6) is 0 Å². The first-order valence-corrected chi connectivity index (χ1v) is 19.3. The fourth-order valence-electron chi connectivity index (χ4n) is 9.16. The predicted octanol–water partition coefficient (Wildman–Crippen LogP) is 3.37. The number of nitrogens with one attached hydrogen (secondary N) is 4. The quantitative estimate of drug-likeness (QED) is 0.204. The normalized spacial score (nSPS) is 23.5. The fraction of sp³-hybridized carbons (Fsp3) is 0.415. The molecule has 2 aromatic carbocycles. The largest absolute Gasteiger partial charge is 0.364 e. The molecular formula is C41H46N8O4. The molecule has 0 aliphatic carbocycles. The molecule has 4 amide bonds. The van der Waals surface area contributed by atoms with Gasteiger partial charge in [-0.05, 0) is 57.3 Å². The van der Waals surface area contributed by atoms with Crippen LogP contribution in [0.3, 0.4) is 0 Å². The number of carbonyl (C=O) groups excluding carboxylic acids is 4. The van der Waals surface area contributed by atoms with Crippen LogP contribution >= 0.6 is 0 Å². The second-order valence-corrected chi connectivity index (χ2v) is 15.0. The number of hydrogen-bond donors (Lipinski definition) is 4. The van der Waals surface area contributed by atoms with Crippen LogP contribution in [0.1, 0.15) is 54.6 Å². The molecule has 9 heterocycles. The van der Waals surface area contributed by atoms with E-state index in [1.807, 2.05) is 48.5 Å². The number of imide groups is 2. The van der Waals surface area contributed by atoms with E-state index in [0.717, 1.165) is 96.4 Å². The topological polar surface area (TPSA) is 137 Å². The number of aromatic nitrogens is 2. The van der Waals surface area contributed by atoms with Crippen LogP contribution in [0.2, 0.25) is 0 Å². The van der Waals surface area contributed by atoms with E-state index in [1.165, 1.54) is 12.8 Å². The van der Waals surface area contributed by atoms with E-state index in [2.05, 4.69) is 40.2 Å². The average Bonchev–Trinajstić information content (AvgIpc) is 3.88. The first-order chi connectivity index (χ1) is 25.9. The zero-order chi connectivity index (χ0) is 36.1. The van der Waals surface area contributed by atoms with Crippen molar-refractivity contribution in [2.24, 2.45) is 0 Å². The molecule has 4 bridgehead atoms. The van der Waals surface area contributed by atoms with Crippen molar-refractivity contribution in [3.63, 3.8) is 0 Å². The zero-order valence-corrected chi connectivity index (χ0v) is 30.1. The Hall–Kier alpha value is -5.20. The SMILES string of the molecule is O=C1NC(=O)C2=C1c1c([nH]c3ccccc13)CCCc1[nH]c3ccccc3c1C1=C(C(=O)NC1=O)N1CCN(CCCCCCN3CCN2CC3)CC1. The van der Waals surface area contributed by atoms with Gasteiger partial charge in [0.2, 0.25) is 0 Å². The standard InChI is InChI=1S/C41H46N8O4/c50-38-34-32-26-10-3-5-12-28(26)42-30(32)14-9-15-31-33(27-11-4-6-13-29(27)43-31)35-37(41(53)45-39(35)51)49-24-20-47(21-25-49)17-8-2-1-7-16-46-18-22-48(23-19-46)36(34)40(52)44-38/h3-6,10-13,42-43H,1-2,7-9,14-25H2,(H,44,50,52)(H,45,51,53). The van der Waals surface area contributed by atoms with Crippen LogP contribution in [0.15, 0.2) is 59.9 Å². The third kappa shape index (κ3) is 6.13. The Bertz CT molecular complexity index is 2040. The molecule has 53 heavy (non-hydrogen) atoms. The maximum Gasteiger partial charge on any atom is 0.275 e. The monoisotopic (exact) mass is 714 g/mol. The van der Waals surface area contributed by atoms with Crippen LogP contribution in [-0.4, -0.2) is 119 Å². The first-order valence-electron chi connectivity index (χ1n) is 19.3. The number of aryl methyl sites for hydroxylation is 2.